The summed E-state index contributed by atoms with van der Waals surface area (Å²) in [6.07, 6.45) is 2.86. The van der Waals surface area contributed by atoms with Crippen LogP contribution in [0.25, 0.3) is 0 Å². The van der Waals surface area contributed by atoms with E-state index in [1.54, 1.807) is 0 Å². The third-order valence-corrected chi connectivity index (χ3v) is 1.20. The van der Waals surface area contributed by atoms with Crippen LogP contribution in [0.2, 0.25) is 0 Å². The van der Waals surface area contributed by atoms with Crippen LogP contribution in [-0.2, 0) is 0 Å². The molecule has 0 fully saturated rings. The Hall–Kier alpha value is 0.506. The van der Waals surface area contributed by atoms with Crippen LogP contribution in [-0.4, -0.2) is 23.1 Å². The quantitative estimate of drug-likeness (QED) is 0.386. The summed E-state index contributed by atoms with van der Waals surface area (Å²) in [4.78, 5) is 0. The van der Waals surface area contributed by atoms with Crippen molar-refractivity contribution in [2.75, 3.05) is 0 Å². The topological polar surface area (TPSA) is 0 Å². The smallest absolute Gasteiger partial charge is 0.103 e. The first-order chi connectivity index (χ1) is 3.12. The van der Waals surface area contributed by atoms with Gasteiger partial charge in [-0.25, -0.2) is 0 Å². The first-order valence-corrected chi connectivity index (χ1v) is 2.55. The van der Waals surface area contributed by atoms with Gasteiger partial charge in [-0.3, -0.25) is 0 Å². The minimum atomic E-state index is 0. The Balaban J connectivity index is 0. The SMILES string of the molecule is [CH2]CC(C)(C)C=C.[MgH2]. The molecule has 0 N–H and O–H groups in total. The van der Waals surface area contributed by atoms with E-state index in [0.717, 1.165) is 6.42 Å². The highest BCUT2D eigenvalue weighted by Crippen LogP contribution is 2.19. The Bertz CT molecular complexity index is 64.8. The molecule has 0 heterocycles. The molecule has 0 saturated carbocycles. The fourth-order valence-electron chi connectivity index (χ4n) is 0.102. The van der Waals surface area contributed by atoms with Gasteiger partial charge in [0, 0.05) is 0 Å². The van der Waals surface area contributed by atoms with Gasteiger partial charge in [0.15, 0.2) is 0 Å². The van der Waals surface area contributed by atoms with Crippen molar-refractivity contribution in [1.29, 1.82) is 0 Å². The Morgan fingerprint density at radius 2 is 1.88 bits per heavy atom. The van der Waals surface area contributed by atoms with Crippen molar-refractivity contribution >= 4 is 23.1 Å². The van der Waals surface area contributed by atoms with Gasteiger partial charge in [-0.05, 0) is 11.8 Å². The molecule has 0 bridgehead atoms. The predicted molar refractivity (Wildman–Crippen MR) is 42.5 cm³/mol. The molecule has 0 aliphatic heterocycles. The number of hydrogen-bond donors (Lipinski definition) is 0. The van der Waals surface area contributed by atoms with Gasteiger partial charge in [0.25, 0.3) is 0 Å². The second-order valence-electron chi connectivity index (χ2n) is 2.44. The molecule has 0 aromatic rings. The van der Waals surface area contributed by atoms with Gasteiger partial charge in [-0.2, -0.15) is 0 Å². The van der Waals surface area contributed by atoms with Crippen molar-refractivity contribution in [1.82, 2.24) is 0 Å². The van der Waals surface area contributed by atoms with E-state index in [0.29, 0.717) is 0 Å². The van der Waals surface area contributed by atoms with Crippen LogP contribution in [0.1, 0.15) is 20.3 Å². The highest BCUT2D eigenvalue weighted by atomic mass is 24.3. The van der Waals surface area contributed by atoms with Crippen LogP contribution >= 0.6 is 0 Å². The normalized spacial score (nSPS) is 9.88. The van der Waals surface area contributed by atoms with Crippen molar-refractivity contribution in [2.45, 2.75) is 20.3 Å². The largest absolute Gasteiger partial charge is 0.316 e. The van der Waals surface area contributed by atoms with Crippen molar-refractivity contribution in [3.05, 3.63) is 19.6 Å². The van der Waals surface area contributed by atoms with Crippen LogP contribution in [0.15, 0.2) is 12.7 Å². The van der Waals surface area contributed by atoms with Gasteiger partial charge >= 0.3 is 23.1 Å². The molecular weight excluding hydrogens is 108 g/mol. The van der Waals surface area contributed by atoms with E-state index in [4.69, 9.17) is 0 Å². The lowest BCUT2D eigenvalue weighted by atomic mass is 9.91. The van der Waals surface area contributed by atoms with Crippen LogP contribution in [0.3, 0.4) is 0 Å². The molecule has 0 amide bonds. The number of allylic oxidation sites excluding steroid dienone is 1. The van der Waals surface area contributed by atoms with Crippen LogP contribution in [0, 0.1) is 12.3 Å². The zero-order valence-electron chi connectivity index (χ0n) is 5.20. The van der Waals surface area contributed by atoms with Crippen molar-refractivity contribution < 1.29 is 0 Å². The molecule has 1 radical (unpaired) electrons. The molecule has 0 spiro atoms. The molecule has 0 nitrogen and oxygen atoms in total. The maximum absolute atomic E-state index is 3.76. The second-order valence-corrected chi connectivity index (χ2v) is 2.44. The molecule has 0 saturated heterocycles. The van der Waals surface area contributed by atoms with Gasteiger partial charge < -0.3 is 0 Å². The first kappa shape index (κ1) is 11.3. The third-order valence-electron chi connectivity index (χ3n) is 1.20. The highest BCUT2D eigenvalue weighted by Gasteiger charge is 2.06. The minimum Gasteiger partial charge on any atom is -0.103 e. The van der Waals surface area contributed by atoms with E-state index in [1.807, 2.05) is 6.08 Å². The van der Waals surface area contributed by atoms with Crippen molar-refractivity contribution in [3.8, 4) is 0 Å². The van der Waals surface area contributed by atoms with E-state index in [9.17, 15) is 0 Å². The van der Waals surface area contributed by atoms with E-state index < -0.39 is 0 Å². The van der Waals surface area contributed by atoms with E-state index >= 15 is 0 Å². The van der Waals surface area contributed by atoms with Gasteiger partial charge in [-0.1, -0.05) is 26.8 Å². The highest BCUT2D eigenvalue weighted by molar-refractivity contribution is 5.75. The standard InChI is InChI=1S/C7H13.Mg.2H/c1-5-7(3,4)6-2;;;/h5H,1-2,6H2,3-4H3;;;. The molecule has 0 rings (SSSR count). The van der Waals surface area contributed by atoms with Gasteiger partial charge in [-0.15, -0.1) is 6.58 Å². The van der Waals surface area contributed by atoms with Gasteiger partial charge in [0.1, 0.15) is 0 Å². The first-order valence-electron chi connectivity index (χ1n) is 2.55. The number of hydrogen-bond acceptors (Lipinski definition) is 0. The monoisotopic (exact) mass is 123 g/mol. The molecule has 1 heteroatoms. The van der Waals surface area contributed by atoms with Crippen LogP contribution < -0.4 is 0 Å². The lowest BCUT2D eigenvalue weighted by molar-refractivity contribution is 0.488. The summed E-state index contributed by atoms with van der Waals surface area (Å²) < 4.78 is 0. The fraction of sp³-hybridized carbons (Fsp3) is 0.571. The Morgan fingerprint density at radius 3 is 1.88 bits per heavy atom. The fourth-order valence-corrected chi connectivity index (χ4v) is 0.102. The molecule has 0 aliphatic rings. The summed E-state index contributed by atoms with van der Waals surface area (Å²) >= 11 is 0. The summed E-state index contributed by atoms with van der Waals surface area (Å²) in [5, 5.41) is 0. The van der Waals surface area contributed by atoms with Crippen LogP contribution in [0.5, 0.6) is 0 Å². The van der Waals surface area contributed by atoms with Crippen molar-refractivity contribution in [3.63, 3.8) is 0 Å². The molecule has 0 atom stereocenters. The van der Waals surface area contributed by atoms with Gasteiger partial charge in [0.05, 0.1) is 0 Å². The third kappa shape index (κ3) is 4.66. The maximum atomic E-state index is 3.76. The summed E-state index contributed by atoms with van der Waals surface area (Å²) in [7, 11) is 0. The Labute approximate surface area is 68.5 Å². The molecule has 0 unspecified atom stereocenters. The van der Waals surface area contributed by atoms with E-state index in [2.05, 4.69) is 27.4 Å². The molecule has 0 aromatic heterocycles. The van der Waals surface area contributed by atoms with Crippen molar-refractivity contribution in [2.24, 2.45) is 5.41 Å². The summed E-state index contributed by atoms with van der Waals surface area (Å²) in [6, 6.07) is 0. The minimum absolute atomic E-state index is 0. The second kappa shape index (κ2) is 4.39. The summed E-state index contributed by atoms with van der Waals surface area (Å²) in [6.45, 7) is 11.7. The predicted octanol–water partition coefficient (Wildman–Crippen LogP) is 1.51. The lowest BCUT2D eigenvalue weighted by Crippen LogP contribution is -2.02. The Morgan fingerprint density at radius 1 is 1.50 bits per heavy atom. The van der Waals surface area contributed by atoms with E-state index in [1.165, 1.54) is 0 Å². The zero-order valence-corrected chi connectivity index (χ0v) is 5.20. The average molecular weight is 124 g/mol. The Kier molecular flexibility index (Phi) is 6.21. The van der Waals surface area contributed by atoms with Crippen LogP contribution in [0.4, 0.5) is 0 Å². The average Bonchev–Trinajstić information content (AvgIpc) is 1.68. The number of rotatable bonds is 2. The zero-order chi connectivity index (χ0) is 5.91. The summed E-state index contributed by atoms with van der Waals surface area (Å²) in [5.41, 5.74) is 0.236. The molecule has 8 heavy (non-hydrogen) atoms. The lowest BCUT2D eigenvalue weighted by Gasteiger charge is -2.14. The maximum Gasteiger partial charge on any atom is 0.316 e. The molecular formula is C7H15Mg. The molecule has 0 aliphatic carbocycles. The van der Waals surface area contributed by atoms with Gasteiger partial charge in [0.2, 0.25) is 0 Å². The molecule has 0 aromatic carbocycles. The summed E-state index contributed by atoms with van der Waals surface area (Å²) in [5.74, 6) is 0. The van der Waals surface area contributed by atoms with E-state index in [-0.39, 0.29) is 28.5 Å². The molecule has 45 valence electrons.